The molecule has 10 heavy (non-hydrogen) atoms. The number of rotatable bonds is 4. The fourth-order valence-corrected chi connectivity index (χ4v) is 1.34. The lowest BCUT2D eigenvalue weighted by molar-refractivity contribution is 0.192. The zero-order chi connectivity index (χ0) is 8.15. The quantitative estimate of drug-likeness (QED) is 0.370. The van der Waals surface area contributed by atoms with Crippen LogP contribution in [0.4, 0.5) is 0 Å². The van der Waals surface area contributed by atoms with Gasteiger partial charge < -0.3 is 4.89 Å². The summed E-state index contributed by atoms with van der Waals surface area (Å²) in [6.45, 7) is 3.39. The molecule has 0 heterocycles. The largest absolute Gasteiger partial charge is 0.332 e. The third-order valence-corrected chi connectivity index (χ3v) is 2.02. The molecule has 0 rings (SSSR count). The summed E-state index contributed by atoms with van der Waals surface area (Å²) in [6, 6.07) is 0. The molecule has 0 bridgehead atoms. The summed E-state index contributed by atoms with van der Waals surface area (Å²) < 4.78 is 9.55. The van der Waals surface area contributed by atoms with Crippen molar-refractivity contribution >= 4 is 33.9 Å². The molecule has 0 aliphatic carbocycles. The summed E-state index contributed by atoms with van der Waals surface area (Å²) in [7, 11) is -1.81. The second kappa shape index (κ2) is 5.63. The molecule has 2 atom stereocenters. The standard InChI is InChI=1S/C4H11O3PS2/c1-3(9)6-8(5)7-4(2)10/h3-5,9-10H,1-2H3. The van der Waals surface area contributed by atoms with Gasteiger partial charge in [-0.25, -0.2) is 0 Å². The van der Waals surface area contributed by atoms with E-state index in [2.05, 4.69) is 25.3 Å². The van der Waals surface area contributed by atoms with Crippen LogP contribution in [0.1, 0.15) is 13.8 Å². The SMILES string of the molecule is CC(S)OP(O)OC(C)S. The molecule has 2 unspecified atom stereocenters. The molecule has 1 N–H and O–H groups in total. The van der Waals surface area contributed by atoms with Gasteiger partial charge in [0.1, 0.15) is 10.9 Å². The first-order chi connectivity index (χ1) is 4.52. The number of hydrogen-bond acceptors (Lipinski definition) is 5. The molecular formula is C4H11O3PS2. The lowest BCUT2D eigenvalue weighted by atomic mass is 10.9. The van der Waals surface area contributed by atoms with Gasteiger partial charge in [0.05, 0.1) is 0 Å². The van der Waals surface area contributed by atoms with Crippen LogP contribution >= 0.6 is 33.9 Å². The van der Waals surface area contributed by atoms with E-state index in [1.165, 1.54) is 0 Å². The van der Waals surface area contributed by atoms with Gasteiger partial charge in [0.25, 0.3) is 0 Å². The molecular weight excluding hydrogens is 191 g/mol. The molecule has 0 fully saturated rings. The lowest BCUT2D eigenvalue weighted by Crippen LogP contribution is -2.00. The maximum atomic E-state index is 8.91. The van der Waals surface area contributed by atoms with Crippen LogP contribution in [-0.2, 0) is 9.05 Å². The monoisotopic (exact) mass is 202 g/mol. The average Bonchev–Trinajstić information content (AvgIpc) is 1.58. The van der Waals surface area contributed by atoms with Gasteiger partial charge in [0.2, 0.25) is 0 Å². The Morgan fingerprint density at radius 3 is 1.70 bits per heavy atom. The molecule has 0 saturated heterocycles. The molecule has 0 saturated carbocycles. The Kier molecular flexibility index (Phi) is 6.20. The molecule has 3 nitrogen and oxygen atoms in total. The fourth-order valence-electron chi connectivity index (χ4n) is 0.286. The molecule has 0 aromatic carbocycles. The van der Waals surface area contributed by atoms with E-state index in [-0.39, 0.29) is 10.9 Å². The lowest BCUT2D eigenvalue weighted by Gasteiger charge is -2.13. The van der Waals surface area contributed by atoms with Crippen LogP contribution in [0.15, 0.2) is 0 Å². The summed E-state index contributed by atoms with van der Waals surface area (Å²) in [6.07, 6.45) is 0. The van der Waals surface area contributed by atoms with E-state index >= 15 is 0 Å². The first kappa shape index (κ1) is 11.0. The molecule has 0 aliphatic heterocycles. The van der Waals surface area contributed by atoms with E-state index in [1.807, 2.05) is 0 Å². The van der Waals surface area contributed by atoms with Crippen molar-refractivity contribution in [3.8, 4) is 0 Å². The van der Waals surface area contributed by atoms with E-state index in [4.69, 9.17) is 13.9 Å². The Labute approximate surface area is 72.9 Å². The van der Waals surface area contributed by atoms with Gasteiger partial charge in [-0.3, -0.25) is 9.05 Å². The second-order valence-corrected chi connectivity index (χ2v) is 4.00. The minimum Gasteiger partial charge on any atom is -0.328 e. The third kappa shape index (κ3) is 7.12. The van der Waals surface area contributed by atoms with E-state index in [9.17, 15) is 0 Å². The van der Waals surface area contributed by atoms with Crippen molar-refractivity contribution in [2.24, 2.45) is 0 Å². The van der Waals surface area contributed by atoms with Crippen LogP contribution in [-0.4, -0.2) is 15.8 Å². The minimum atomic E-state index is -1.81. The summed E-state index contributed by atoms with van der Waals surface area (Å²) >= 11 is 7.78. The predicted molar refractivity (Wildman–Crippen MR) is 48.2 cm³/mol. The van der Waals surface area contributed by atoms with Crippen molar-refractivity contribution < 1.29 is 13.9 Å². The zero-order valence-corrected chi connectivity index (χ0v) is 8.44. The molecule has 0 spiro atoms. The maximum Gasteiger partial charge on any atom is 0.332 e. The van der Waals surface area contributed by atoms with Gasteiger partial charge in [0.15, 0.2) is 0 Å². The molecule has 0 aliphatic rings. The summed E-state index contributed by atoms with van der Waals surface area (Å²) in [5, 5.41) is 0. The van der Waals surface area contributed by atoms with Crippen LogP contribution in [0, 0.1) is 0 Å². The van der Waals surface area contributed by atoms with Crippen molar-refractivity contribution in [3.63, 3.8) is 0 Å². The van der Waals surface area contributed by atoms with Crippen molar-refractivity contribution in [1.82, 2.24) is 0 Å². The van der Waals surface area contributed by atoms with Crippen molar-refractivity contribution in [1.29, 1.82) is 0 Å². The Balaban J connectivity index is 3.34. The Morgan fingerprint density at radius 1 is 1.20 bits per heavy atom. The van der Waals surface area contributed by atoms with Crippen LogP contribution in [0.2, 0.25) is 0 Å². The first-order valence-corrected chi connectivity index (χ1v) is 4.87. The molecule has 6 heteroatoms. The summed E-state index contributed by atoms with van der Waals surface area (Å²) in [5.41, 5.74) is -0.633. The zero-order valence-electron chi connectivity index (χ0n) is 5.76. The Bertz CT molecular complexity index is 80.6. The summed E-state index contributed by atoms with van der Waals surface area (Å²) in [4.78, 5) is 8.91. The number of hydrogen-bond donors (Lipinski definition) is 3. The first-order valence-electron chi connectivity index (χ1n) is 2.71. The van der Waals surface area contributed by atoms with Gasteiger partial charge in [-0.05, 0) is 13.8 Å². The predicted octanol–water partition coefficient (Wildman–Crippen LogP) is 1.79. The average molecular weight is 202 g/mol. The van der Waals surface area contributed by atoms with Gasteiger partial charge in [0, 0.05) is 0 Å². The maximum absolute atomic E-state index is 8.91. The third-order valence-electron chi connectivity index (χ3n) is 0.485. The van der Waals surface area contributed by atoms with E-state index in [0.29, 0.717) is 0 Å². The highest BCUT2D eigenvalue weighted by Crippen LogP contribution is 2.37. The highest BCUT2D eigenvalue weighted by molar-refractivity contribution is 7.81. The second-order valence-electron chi connectivity index (χ2n) is 1.65. The normalized spacial score (nSPS) is 20.1. The van der Waals surface area contributed by atoms with Gasteiger partial charge in [-0.15, -0.1) is 25.3 Å². The Hall–Kier alpha value is 1.01. The van der Waals surface area contributed by atoms with E-state index in [1.54, 1.807) is 13.8 Å². The van der Waals surface area contributed by atoms with E-state index in [0.717, 1.165) is 0 Å². The van der Waals surface area contributed by atoms with Crippen LogP contribution in [0.3, 0.4) is 0 Å². The summed E-state index contributed by atoms with van der Waals surface area (Å²) in [5.74, 6) is 0. The topological polar surface area (TPSA) is 38.7 Å². The smallest absolute Gasteiger partial charge is 0.328 e. The van der Waals surface area contributed by atoms with Crippen molar-refractivity contribution in [2.45, 2.75) is 24.7 Å². The van der Waals surface area contributed by atoms with Crippen LogP contribution in [0.5, 0.6) is 0 Å². The van der Waals surface area contributed by atoms with Gasteiger partial charge >= 0.3 is 8.60 Å². The van der Waals surface area contributed by atoms with Crippen LogP contribution < -0.4 is 0 Å². The highest BCUT2D eigenvalue weighted by Gasteiger charge is 2.11. The molecule has 0 amide bonds. The van der Waals surface area contributed by atoms with Crippen LogP contribution in [0.25, 0.3) is 0 Å². The van der Waals surface area contributed by atoms with E-state index < -0.39 is 8.60 Å². The number of thiol groups is 2. The van der Waals surface area contributed by atoms with Crippen molar-refractivity contribution in [3.05, 3.63) is 0 Å². The Morgan fingerprint density at radius 2 is 1.50 bits per heavy atom. The van der Waals surface area contributed by atoms with Gasteiger partial charge in [-0.1, -0.05) is 0 Å². The molecule has 0 radical (unpaired) electrons. The molecule has 0 aromatic rings. The van der Waals surface area contributed by atoms with Crippen molar-refractivity contribution in [2.75, 3.05) is 0 Å². The van der Waals surface area contributed by atoms with Gasteiger partial charge in [-0.2, -0.15) is 0 Å². The fraction of sp³-hybridized carbons (Fsp3) is 1.00. The molecule has 0 aromatic heterocycles. The minimum absolute atomic E-state index is 0.316. The molecule has 62 valence electrons. The highest BCUT2D eigenvalue weighted by atomic mass is 32.1.